The lowest BCUT2D eigenvalue weighted by atomic mass is 10.1. The number of hydrogen-bond donors (Lipinski definition) is 0. The molecular formula is C18H32O3. The minimum atomic E-state index is -0.0189. The van der Waals surface area contributed by atoms with Gasteiger partial charge in [0, 0.05) is 13.0 Å². The zero-order valence-electron chi connectivity index (χ0n) is 13.6. The predicted molar refractivity (Wildman–Crippen MR) is 86.3 cm³/mol. The van der Waals surface area contributed by atoms with Gasteiger partial charge in [0.05, 0.1) is 6.10 Å². The first-order valence-electron chi connectivity index (χ1n) is 8.74. The SMILES string of the molecule is CCCCCC[C@H](/C=C\CCCC=O)OC1CCCCO1. The van der Waals surface area contributed by atoms with Gasteiger partial charge in [0.1, 0.15) is 6.29 Å². The first-order chi connectivity index (χ1) is 10.4. The van der Waals surface area contributed by atoms with Gasteiger partial charge >= 0.3 is 0 Å². The summed E-state index contributed by atoms with van der Waals surface area (Å²) in [7, 11) is 0. The second-order valence-electron chi connectivity index (χ2n) is 5.85. The van der Waals surface area contributed by atoms with Gasteiger partial charge in [0.15, 0.2) is 6.29 Å². The molecule has 0 spiro atoms. The highest BCUT2D eigenvalue weighted by Gasteiger charge is 2.17. The average molecular weight is 296 g/mol. The summed E-state index contributed by atoms with van der Waals surface area (Å²) in [4.78, 5) is 10.3. The van der Waals surface area contributed by atoms with Gasteiger partial charge in [-0.2, -0.15) is 0 Å². The van der Waals surface area contributed by atoms with Crippen molar-refractivity contribution in [3.05, 3.63) is 12.2 Å². The van der Waals surface area contributed by atoms with Crippen LogP contribution in [-0.4, -0.2) is 25.3 Å². The van der Waals surface area contributed by atoms with Crippen LogP contribution in [0.2, 0.25) is 0 Å². The lowest BCUT2D eigenvalue weighted by Gasteiger charge is -2.26. The van der Waals surface area contributed by atoms with Crippen molar-refractivity contribution in [3.63, 3.8) is 0 Å². The molecule has 0 bridgehead atoms. The van der Waals surface area contributed by atoms with Gasteiger partial charge in [-0.3, -0.25) is 0 Å². The molecule has 0 N–H and O–H groups in total. The number of carbonyl (C=O) groups is 1. The molecule has 3 heteroatoms. The lowest BCUT2D eigenvalue weighted by Crippen LogP contribution is -2.27. The van der Waals surface area contributed by atoms with Crippen LogP contribution in [0.3, 0.4) is 0 Å². The van der Waals surface area contributed by atoms with Gasteiger partial charge in [0.25, 0.3) is 0 Å². The maximum atomic E-state index is 10.3. The van der Waals surface area contributed by atoms with Crippen LogP contribution < -0.4 is 0 Å². The van der Waals surface area contributed by atoms with Crippen LogP contribution in [0.5, 0.6) is 0 Å². The monoisotopic (exact) mass is 296 g/mol. The number of allylic oxidation sites excluding steroid dienone is 1. The highest BCUT2D eigenvalue weighted by Crippen LogP contribution is 2.19. The van der Waals surface area contributed by atoms with Crippen LogP contribution in [0.4, 0.5) is 0 Å². The number of hydrogen-bond acceptors (Lipinski definition) is 3. The molecule has 0 aliphatic carbocycles. The molecule has 0 radical (unpaired) electrons. The van der Waals surface area contributed by atoms with E-state index < -0.39 is 0 Å². The highest BCUT2D eigenvalue weighted by molar-refractivity contribution is 5.49. The molecule has 0 amide bonds. The van der Waals surface area contributed by atoms with Crippen LogP contribution >= 0.6 is 0 Å². The van der Waals surface area contributed by atoms with Gasteiger partial charge in [0.2, 0.25) is 0 Å². The smallest absolute Gasteiger partial charge is 0.158 e. The van der Waals surface area contributed by atoms with E-state index >= 15 is 0 Å². The van der Waals surface area contributed by atoms with Crippen molar-refractivity contribution >= 4 is 6.29 Å². The number of ether oxygens (including phenoxy) is 2. The lowest BCUT2D eigenvalue weighted by molar-refractivity contribution is -0.179. The normalized spacial score (nSPS) is 20.7. The molecule has 21 heavy (non-hydrogen) atoms. The second kappa shape index (κ2) is 13.0. The second-order valence-corrected chi connectivity index (χ2v) is 5.85. The summed E-state index contributed by atoms with van der Waals surface area (Å²) in [6.07, 6.45) is 17.5. The van der Waals surface area contributed by atoms with E-state index in [2.05, 4.69) is 19.1 Å². The van der Waals surface area contributed by atoms with E-state index in [4.69, 9.17) is 9.47 Å². The Hall–Kier alpha value is -0.670. The van der Waals surface area contributed by atoms with Crippen molar-refractivity contribution in [2.24, 2.45) is 0 Å². The van der Waals surface area contributed by atoms with E-state index in [-0.39, 0.29) is 12.4 Å². The molecule has 1 aliphatic rings. The first-order valence-corrected chi connectivity index (χ1v) is 8.74. The fraction of sp³-hybridized carbons (Fsp3) is 0.833. The molecule has 122 valence electrons. The minimum Gasteiger partial charge on any atom is -0.353 e. The molecular weight excluding hydrogens is 264 g/mol. The Kier molecular flexibility index (Phi) is 11.4. The fourth-order valence-corrected chi connectivity index (χ4v) is 2.56. The van der Waals surface area contributed by atoms with E-state index in [1.165, 1.54) is 32.1 Å². The largest absolute Gasteiger partial charge is 0.353 e. The standard InChI is InChI=1S/C18H32O3/c1-2-3-4-7-12-17(13-8-5-6-10-15-19)21-18-14-9-11-16-20-18/h8,13,15,17-18H,2-7,9-12,14,16H2,1H3/b13-8-/t17-,18?/m1/s1. The highest BCUT2D eigenvalue weighted by atomic mass is 16.7. The number of aldehydes is 1. The average Bonchev–Trinajstić information content (AvgIpc) is 2.52. The van der Waals surface area contributed by atoms with Crippen molar-refractivity contribution in [1.82, 2.24) is 0 Å². The molecule has 1 heterocycles. The van der Waals surface area contributed by atoms with Gasteiger partial charge < -0.3 is 14.3 Å². The van der Waals surface area contributed by atoms with Crippen molar-refractivity contribution in [2.75, 3.05) is 6.61 Å². The zero-order valence-corrected chi connectivity index (χ0v) is 13.6. The molecule has 3 nitrogen and oxygen atoms in total. The van der Waals surface area contributed by atoms with E-state index in [1.807, 2.05) is 0 Å². The third kappa shape index (κ3) is 9.81. The van der Waals surface area contributed by atoms with Gasteiger partial charge in [-0.25, -0.2) is 0 Å². The van der Waals surface area contributed by atoms with Gasteiger partial charge in [-0.15, -0.1) is 0 Å². The van der Waals surface area contributed by atoms with Gasteiger partial charge in [-0.05, 0) is 38.5 Å². The summed E-state index contributed by atoms with van der Waals surface area (Å²) in [6.45, 7) is 3.06. The Morgan fingerprint density at radius 1 is 1.19 bits per heavy atom. The van der Waals surface area contributed by atoms with Crippen molar-refractivity contribution in [2.45, 2.75) is 89.9 Å². The molecule has 0 saturated carbocycles. The zero-order chi connectivity index (χ0) is 15.2. The Balaban J connectivity index is 2.30. The molecule has 1 saturated heterocycles. The van der Waals surface area contributed by atoms with Crippen LogP contribution in [-0.2, 0) is 14.3 Å². The van der Waals surface area contributed by atoms with E-state index in [0.29, 0.717) is 6.42 Å². The summed E-state index contributed by atoms with van der Waals surface area (Å²) < 4.78 is 11.8. The molecule has 1 fully saturated rings. The Bertz CT molecular complexity index is 270. The van der Waals surface area contributed by atoms with E-state index in [9.17, 15) is 4.79 Å². The summed E-state index contributed by atoms with van der Waals surface area (Å²) in [5.41, 5.74) is 0. The fourth-order valence-electron chi connectivity index (χ4n) is 2.56. The van der Waals surface area contributed by atoms with Crippen LogP contribution in [0, 0.1) is 0 Å². The Morgan fingerprint density at radius 2 is 2.10 bits per heavy atom. The molecule has 2 atom stereocenters. The molecule has 0 aromatic rings. The summed E-state index contributed by atoms with van der Waals surface area (Å²) in [5, 5.41) is 0. The minimum absolute atomic E-state index is 0.0189. The molecule has 0 aromatic heterocycles. The molecule has 1 rings (SSSR count). The Labute approximate surface area is 130 Å². The maximum Gasteiger partial charge on any atom is 0.158 e. The van der Waals surface area contributed by atoms with E-state index in [0.717, 1.165) is 45.0 Å². The quantitative estimate of drug-likeness (QED) is 0.295. The van der Waals surface area contributed by atoms with Crippen molar-refractivity contribution in [1.29, 1.82) is 0 Å². The Morgan fingerprint density at radius 3 is 2.81 bits per heavy atom. The van der Waals surface area contributed by atoms with Crippen molar-refractivity contribution < 1.29 is 14.3 Å². The third-order valence-electron chi connectivity index (χ3n) is 3.85. The number of carbonyl (C=O) groups excluding carboxylic acids is 1. The predicted octanol–water partition coefficient (Wildman–Crippen LogP) is 4.79. The van der Waals surface area contributed by atoms with Crippen LogP contribution in [0.1, 0.15) is 77.6 Å². The number of unbranched alkanes of at least 4 members (excludes halogenated alkanes) is 5. The van der Waals surface area contributed by atoms with Gasteiger partial charge in [-0.1, -0.05) is 44.8 Å². The third-order valence-corrected chi connectivity index (χ3v) is 3.85. The van der Waals surface area contributed by atoms with E-state index in [1.54, 1.807) is 0 Å². The summed E-state index contributed by atoms with van der Waals surface area (Å²) in [6, 6.07) is 0. The number of rotatable bonds is 12. The van der Waals surface area contributed by atoms with Crippen LogP contribution in [0.15, 0.2) is 12.2 Å². The van der Waals surface area contributed by atoms with Crippen molar-refractivity contribution in [3.8, 4) is 0 Å². The summed E-state index contributed by atoms with van der Waals surface area (Å²) >= 11 is 0. The van der Waals surface area contributed by atoms with Crippen LogP contribution in [0.25, 0.3) is 0 Å². The molecule has 0 aromatic carbocycles. The maximum absolute atomic E-state index is 10.3. The topological polar surface area (TPSA) is 35.5 Å². The molecule has 1 unspecified atom stereocenters. The molecule has 1 aliphatic heterocycles. The summed E-state index contributed by atoms with van der Waals surface area (Å²) in [5.74, 6) is 0. The first kappa shape index (κ1) is 18.4.